The van der Waals surface area contributed by atoms with Gasteiger partial charge in [0.05, 0.1) is 65.6 Å². The van der Waals surface area contributed by atoms with E-state index >= 15 is 0 Å². The quantitative estimate of drug-likeness (QED) is 0.150. The fraction of sp³-hybridized carbons (Fsp3) is 0.515. The Morgan fingerprint density at radius 3 is 1.00 bits per heavy atom. The van der Waals surface area contributed by atoms with Crippen LogP contribution in [0.25, 0.3) is 10.9 Å². The van der Waals surface area contributed by atoms with E-state index in [4.69, 9.17) is 46.4 Å². The highest BCUT2D eigenvalue weighted by Crippen LogP contribution is 2.44. The monoisotopic (exact) mass is 1660 g/mol. The lowest BCUT2D eigenvalue weighted by molar-refractivity contribution is 0.0499. The minimum Gasteiger partial charge on any atom is -0.366 e. The van der Waals surface area contributed by atoms with Crippen molar-refractivity contribution >= 4 is 98.0 Å². The number of para-hydroxylation sites is 3. The van der Waals surface area contributed by atoms with Crippen molar-refractivity contribution < 1.29 is 19.2 Å². The molecule has 115 heavy (non-hydrogen) atoms. The van der Waals surface area contributed by atoms with Gasteiger partial charge in [0.1, 0.15) is 0 Å². The lowest BCUT2D eigenvalue weighted by Gasteiger charge is -2.45. The number of hydrogen-bond acceptors (Lipinski definition) is 7. The Bertz CT molecular complexity index is 4020. The summed E-state index contributed by atoms with van der Waals surface area (Å²) in [7, 11) is 7.44. The lowest BCUT2D eigenvalue weighted by atomic mass is 9.91. The molecule has 4 heterocycles. The summed E-state index contributed by atoms with van der Waals surface area (Å²) in [5, 5.41) is 3.06. The molecule has 3 aliphatic rings. The van der Waals surface area contributed by atoms with E-state index in [1.807, 2.05) is 254 Å². The van der Waals surface area contributed by atoms with Crippen molar-refractivity contribution in [3.8, 4) is 0 Å². The predicted octanol–water partition coefficient (Wildman–Crippen LogP) is 29.5. The first-order valence-electron chi connectivity index (χ1n) is 42.8. The van der Waals surface area contributed by atoms with E-state index in [-0.39, 0.29) is 57.9 Å². The van der Waals surface area contributed by atoms with Crippen molar-refractivity contribution in [2.45, 2.75) is 288 Å². The van der Waals surface area contributed by atoms with E-state index in [0.717, 1.165) is 67.7 Å². The number of aromatic nitrogens is 1. The Balaban J connectivity index is -0.00000135. The molecule has 2 atom stereocenters. The standard InChI is InChI=1S/C21H23ClN2O.C21H25ClN2O.C20H23ClN2O.C17H25ClN2O.10C2H6/c1-14-19(23(5)20(25)15-10-6-8-12-17(15)22)16-11-7-9-13-18(16)24(14)21(2,3)4;1-21(2,3)24-14-13-18(16-10-6-8-12-19(16)24)23(4)20(25)15-9-5-7-11-17(15)22;1-20(2,3)23-13-18(15-10-6-8-12-17(15)23)22(4)19(24)14-9-5-7-11-16(14)21;1-17(2,3)20-11-9-13(10-12-20)19(4)16(21)14-7-5-6-8-15(14)18;10*1-2/h6-13H,1-5H3;5-12,18H,13-14H2,1-4H3;5-12,18H,13H2,1-4H3;5-8,13H,9-12H2,1-4H3;10*1-2H3. The second-order valence-corrected chi connectivity index (χ2v) is 30.5. The van der Waals surface area contributed by atoms with Gasteiger partial charge in [0.15, 0.2) is 0 Å². The number of carbonyl (C=O) groups excluding carboxylic acids is 4. The largest absolute Gasteiger partial charge is 0.366 e. The Kier molecular flexibility index (Phi) is 55.4. The highest BCUT2D eigenvalue weighted by atomic mass is 35.5. The van der Waals surface area contributed by atoms with Crippen LogP contribution in [-0.4, -0.2) is 125 Å². The van der Waals surface area contributed by atoms with E-state index in [2.05, 4.69) is 158 Å². The van der Waals surface area contributed by atoms with Crippen LogP contribution in [0.5, 0.6) is 0 Å². The molecule has 0 saturated carbocycles. The zero-order chi connectivity index (χ0) is 89.6. The topological polar surface area (TPSA) is 95.9 Å². The van der Waals surface area contributed by atoms with Gasteiger partial charge in [0.25, 0.3) is 23.6 Å². The first-order valence-corrected chi connectivity index (χ1v) is 44.3. The molecule has 0 N–H and O–H groups in total. The summed E-state index contributed by atoms with van der Waals surface area (Å²) < 4.78 is 2.29. The first-order chi connectivity index (χ1) is 54.6. The third-order valence-corrected chi connectivity index (χ3v) is 19.8. The van der Waals surface area contributed by atoms with Crippen LogP contribution in [0.4, 0.5) is 17.1 Å². The summed E-state index contributed by atoms with van der Waals surface area (Å²) in [6, 6.07) is 54.2. The lowest BCUT2D eigenvalue weighted by Crippen LogP contribution is -2.51. The molecule has 1 aromatic heterocycles. The van der Waals surface area contributed by atoms with Crippen molar-refractivity contribution in [3.05, 3.63) is 229 Å². The number of benzene rings is 7. The van der Waals surface area contributed by atoms with Gasteiger partial charge in [-0.15, -0.1) is 0 Å². The Morgan fingerprint density at radius 2 is 0.643 bits per heavy atom. The molecule has 2 unspecified atom stereocenters. The number of hydrogen-bond donors (Lipinski definition) is 0. The van der Waals surface area contributed by atoms with Crippen molar-refractivity contribution in [2.75, 3.05) is 69.1 Å². The summed E-state index contributed by atoms with van der Waals surface area (Å²) in [6.07, 6.45) is 2.94. The van der Waals surface area contributed by atoms with Gasteiger partial charge in [-0.1, -0.05) is 288 Å². The number of anilines is 3. The van der Waals surface area contributed by atoms with Gasteiger partial charge < -0.3 is 34.0 Å². The van der Waals surface area contributed by atoms with Crippen LogP contribution >= 0.6 is 46.4 Å². The Labute approximate surface area is 722 Å². The maximum Gasteiger partial charge on any atom is 0.259 e. The van der Waals surface area contributed by atoms with Crippen LogP contribution in [0.3, 0.4) is 0 Å². The fourth-order valence-electron chi connectivity index (χ4n) is 13.4. The molecule has 4 amide bonds. The van der Waals surface area contributed by atoms with Gasteiger partial charge in [0.2, 0.25) is 0 Å². The highest BCUT2D eigenvalue weighted by Gasteiger charge is 2.39. The molecule has 16 heteroatoms. The Hall–Kier alpha value is -7.32. The summed E-state index contributed by atoms with van der Waals surface area (Å²) in [6.45, 7) is 72.4. The number of fused-ring (bicyclic) bond motifs is 3. The molecule has 3 aliphatic heterocycles. The van der Waals surface area contributed by atoms with Crippen LogP contribution in [0, 0.1) is 6.92 Å². The second-order valence-electron chi connectivity index (χ2n) is 28.9. The summed E-state index contributed by atoms with van der Waals surface area (Å²) in [4.78, 5) is 66.0. The van der Waals surface area contributed by atoms with Gasteiger partial charge >= 0.3 is 0 Å². The third kappa shape index (κ3) is 31.5. The average Bonchev–Trinajstić information content (AvgIpc) is 1.63. The molecule has 0 aliphatic carbocycles. The van der Waals surface area contributed by atoms with Crippen LogP contribution in [0.2, 0.25) is 20.1 Å². The molecule has 644 valence electrons. The van der Waals surface area contributed by atoms with Crippen molar-refractivity contribution in [3.63, 3.8) is 0 Å². The molecular weight excluding hydrogens is 1510 g/mol. The van der Waals surface area contributed by atoms with Crippen LogP contribution in [-0.2, 0) is 5.54 Å². The summed E-state index contributed by atoms with van der Waals surface area (Å²) in [5.74, 6) is -0.161. The molecule has 0 bridgehead atoms. The molecule has 7 aromatic carbocycles. The van der Waals surface area contributed by atoms with E-state index < -0.39 is 0 Å². The number of likely N-dealkylation sites (tertiary alicyclic amines) is 1. The molecule has 11 rings (SSSR count). The number of halogens is 4. The van der Waals surface area contributed by atoms with E-state index in [0.29, 0.717) is 48.4 Å². The number of carbonyl (C=O) groups is 4. The normalized spacial score (nSPS) is 13.6. The smallest absolute Gasteiger partial charge is 0.259 e. The van der Waals surface area contributed by atoms with Gasteiger partial charge in [-0.05, 0) is 187 Å². The molecule has 12 nitrogen and oxygen atoms in total. The maximum absolute atomic E-state index is 13.1. The number of amides is 4. The van der Waals surface area contributed by atoms with Gasteiger partial charge in [0, 0.05) is 105 Å². The zero-order valence-corrected chi connectivity index (χ0v) is 81.6. The summed E-state index contributed by atoms with van der Waals surface area (Å²) in [5.41, 5.74) is 10.3. The van der Waals surface area contributed by atoms with Crippen LogP contribution in [0.15, 0.2) is 170 Å². The van der Waals surface area contributed by atoms with Crippen LogP contribution < -0.4 is 14.7 Å². The molecule has 0 radical (unpaired) electrons. The van der Waals surface area contributed by atoms with Gasteiger partial charge in [-0.25, -0.2) is 0 Å². The van der Waals surface area contributed by atoms with Gasteiger partial charge in [-0.3, -0.25) is 24.1 Å². The maximum atomic E-state index is 13.1. The average molecular weight is 1660 g/mol. The molecular formula is C99H156Cl4N8O4. The SMILES string of the molecule is CC.CC.CC.CC.CC.CC.CC.CC.CC.CC.CN(C(=O)c1ccccc1Cl)C1CCN(C(C)(C)C)CC1.CN(C(=O)c1ccccc1Cl)C1CCN(C(C)(C)C)c2ccccc21.CN(C(=O)c1ccccc1Cl)C1CN(C(C)(C)C)c2ccccc21.Cc1c(N(C)C(=O)c2ccccc2Cl)c2ccccc2n1C(C)(C)C. The van der Waals surface area contributed by atoms with Crippen molar-refractivity contribution in [2.24, 2.45) is 0 Å². The highest BCUT2D eigenvalue weighted by molar-refractivity contribution is 6.35. The number of piperidine rings is 1. The van der Waals surface area contributed by atoms with Gasteiger partial charge in [-0.2, -0.15) is 0 Å². The second kappa shape index (κ2) is 56.9. The third-order valence-electron chi connectivity index (χ3n) is 18.4. The minimum absolute atomic E-state index is 0.000860. The molecule has 1 saturated heterocycles. The first kappa shape index (κ1) is 112. The Morgan fingerprint density at radius 1 is 0.339 bits per heavy atom. The predicted molar refractivity (Wildman–Crippen MR) is 512 cm³/mol. The van der Waals surface area contributed by atoms with E-state index in [1.165, 1.54) is 22.5 Å². The minimum atomic E-state index is -0.106. The van der Waals surface area contributed by atoms with Crippen molar-refractivity contribution in [1.29, 1.82) is 0 Å². The number of nitrogens with zero attached hydrogens (tertiary/aromatic N) is 8. The molecule has 8 aromatic rings. The molecule has 1 fully saturated rings. The zero-order valence-electron chi connectivity index (χ0n) is 78.6. The molecule has 0 spiro atoms. The van der Waals surface area contributed by atoms with E-state index in [1.54, 1.807) is 53.4 Å². The van der Waals surface area contributed by atoms with Crippen molar-refractivity contribution in [1.82, 2.24) is 24.2 Å². The van der Waals surface area contributed by atoms with E-state index in [9.17, 15) is 19.2 Å². The van der Waals surface area contributed by atoms with Crippen LogP contribution in [0.1, 0.15) is 311 Å². The number of rotatable bonds is 8. The fourth-order valence-corrected chi connectivity index (χ4v) is 14.3. The summed E-state index contributed by atoms with van der Waals surface area (Å²) >= 11 is 24.8. The number of likely N-dealkylation sites (N-methyl/N-ethyl adjacent to an activating group) is 1.